The van der Waals surface area contributed by atoms with Crippen molar-refractivity contribution in [3.05, 3.63) is 0 Å². The number of nitrogens with zero attached hydrogens (tertiary/aromatic N) is 1. The Morgan fingerprint density at radius 2 is 1.84 bits per heavy atom. The van der Waals surface area contributed by atoms with Crippen molar-refractivity contribution in [1.82, 2.24) is 4.90 Å². The predicted octanol–water partition coefficient (Wildman–Crippen LogP) is 4.34. The Hall–Kier alpha value is -0.0800. The number of rotatable bonds is 7. The molecule has 0 N–H and O–H groups in total. The molecule has 3 atom stereocenters. The molecule has 1 saturated heterocycles. The van der Waals surface area contributed by atoms with Crippen LogP contribution in [0.25, 0.3) is 0 Å². The summed E-state index contributed by atoms with van der Waals surface area (Å²) in [4.78, 5) is 2.70. The van der Waals surface area contributed by atoms with Crippen molar-refractivity contribution >= 4 is 0 Å². The third-order valence-electron chi connectivity index (χ3n) is 5.08. The molecule has 2 nitrogen and oxygen atoms in total. The zero-order chi connectivity index (χ0) is 14.5. The molecule has 0 aliphatic carbocycles. The third-order valence-corrected chi connectivity index (χ3v) is 5.08. The number of methoxy groups -OCH3 is 1. The second-order valence-electron chi connectivity index (χ2n) is 6.81. The quantitative estimate of drug-likeness (QED) is 0.682. The molecule has 0 saturated carbocycles. The van der Waals surface area contributed by atoms with Crippen molar-refractivity contribution in [3.63, 3.8) is 0 Å². The van der Waals surface area contributed by atoms with Gasteiger partial charge in [0.05, 0.1) is 6.61 Å². The van der Waals surface area contributed by atoms with Crippen molar-refractivity contribution in [3.8, 4) is 0 Å². The van der Waals surface area contributed by atoms with E-state index in [0.717, 1.165) is 18.4 Å². The first-order valence-electron chi connectivity index (χ1n) is 8.26. The molecule has 2 heteroatoms. The Morgan fingerprint density at radius 3 is 2.32 bits per heavy atom. The summed E-state index contributed by atoms with van der Waals surface area (Å²) in [5, 5.41) is 0. The summed E-state index contributed by atoms with van der Waals surface area (Å²) in [6.45, 7) is 13.9. The molecule has 114 valence electrons. The van der Waals surface area contributed by atoms with Gasteiger partial charge in [0.15, 0.2) is 0 Å². The van der Waals surface area contributed by atoms with Crippen molar-refractivity contribution in [1.29, 1.82) is 0 Å². The summed E-state index contributed by atoms with van der Waals surface area (Å²) >= 11 is 0. The molecule has 0 amide bonds. The second kappa shape index (κ2) is 7.64. The van der Waals surface area contributed by atoms with Crippen LogP contribution < -0.4 is 0 Å². The van der Waals surface area contributed by atoms with Crippen molar-refractivity contribution in [2.45, 2.75) is 78.3 Å². The van der Waals surface area contributed by atoms with E-state index < -0.39 is 0 Å². The number of piperidine rings is 1. The van der Waals surface area contributed by atoms with E-state index in [4.69, 9.17) is 4.74 Å². The van der Waals surface area contributed by atoms with E-state index in [-0.39, 0.29) is 5.54 Å². The minimum atomic E-state index is 0.219. The first kappa shape index (κ1) is 17.0. The monoisotopic (exact) mass is 269 g/mol. The van der Waals surface area contributed by atoms with E-state index in [2.05, 4.69) is 39.5 Å². The van der Waals surface area contributed by atoms with E-state index in [1.807, 2.05) is 7.11 Å². The van der Waals surface area contributed by atoms with Crippen molar-refractivity contribution in [2.24, 2.45) is 11.8 Å². The Morgan fingerprint density at radius 1 is 1.21 bits per heavy atom. The molecule has 0 aromatic heterocycles. The SMILES string of the molecule is CCCC1CCN(C(C)C)C(C)(COC)C1CCC. The van der Waals surface area contributed by atoms with Crippen molar-refractivity contribution < 1.29 is 4.74 Å². The van der Waals surface area contributed by atoms with Crippen LogP contribution in [0.4, 0.5) is 0 Å². The van der Waals surface area contributed by atoms with Crippen molar-refractivity contribution in [2.75, 3.05) is 20.3 Å². The van der Waals surface area contributed by atoms with E-state index in [1.165, 1.54) is 38.6 Å². The summed E-state index contributed by atoms with van der Waals surface area (Å²) in [5.41, 5.74) is 0.219. The fourth-order valence-corrected chi connectivity index (χ4v) is 4.39. The van der Waals surface area contributed by atoms with Crippen LogP contribution in [0.3, 0.4) is 0 Å². The molecular formula is C17H35NO. The van der Waals surface area contributed by atoms with Gasteiger partial charge < -0.3 is 4.74 Å². The average molecular weight is 269 g/mol. The molecule has 0 radical (unpaired) electrons. The van der Waals surface area contributed by atoms with Gasteiger partial charge in [0.1, 0.15) is 0 Å². The minimum absolute atomic E-state index is 0.219. The summed E-state index contributed by atoms with van der Waals surface area (Å²) in [6.07, 6.45) is 6.70. The normalized spacial score (nSPS) is 33.0. The van der Waals surface area contributed by atoms with Crippen LogP contribution in [0.15, 0.2) is 0 Å². The zero-order valence-electron chi connectivity index (χ0n) is 14.0. The van der Waals surface area contributed by atoms with Crippen LogP contribution in [0.2, 0.25) is 0 Å². The van der Waals surface area contributed by atoms with Gasteiger partial charge in [-0.15, -0.1) is 0 Å². The number of likely N-dealkylation sites (tertiary alicyclic amines) is 1. The van der Waals surface area contributed by atoms with Gasteiger partial charge in [0.25, 0.3) is 0 Å². The zero-order valence-corrected chi connectivity index (χ0v) is 14.0. The lowest BCUT2D eigenvalue weighted by Gasteiger charge is -2.55. The first-order chi connectivity index (χ1) is 9.01. The van der Waals surface area contributed by atoms with Crippen LogP contribution in [-0.4, -0.2) is 36.7 Å². The molecule has 19 heavy (non-hydrogen) atoms. The van der Waals surface area contributed by atoms with Crippen LogP contribution in [0.1, 0.15) is 66.7 Å². The molecular weight excluding hydrogens is 234 g/mol. The van der Waals surface area contributed by atoms with E-state index in [9.17, 15) is 0 Å². The highest BCUT2D eigenvalue weighted by molar-refractivity contribution is 5.00. The number of hydrogen-bond donors (Lipinski definition) is 0. The lowest BCUT2D eigenvalue weighted by Crippen LogP contribution is -2.62. The van der Waals surface area contributed by atoms with E-state index in [1.54, 1.807) is 0 Å². The molecule has 1 heterocycles. The maximum Gasteiger partial charge on any atom is 0.0646 e. The number of hydrogen-bond acceptors (Lipinski definition) is 2. The standard InChI is InChI=1S/C17H35NO/c1-7-9-15-11-12-18(14(3)4)17(5,13-19-6)16(15)10-8-2/h14-16H,7-13H2,1-6H3. The van der Waals surface area contributed by atoms with Gasteiger partial charge in [-0.3, -0.25) is 4.90 Å². The average Bonchev–Trinajstić information content (AvgIpc) is 2.34. The van der Waals surface area contributed by atoms with Gasteiger partial charge >= 0.3 is 0 Å². The highest BCUT2D eigenvalue weighted by atomic mass is 16.5. The molecule has 1 rings (SSSR count). The highest BCUT2D eigenvalue weighted by Gasteiger charge is 2.46. The first-order valence-corrected chi connectivity index (χ1v) is 8.26. The maximum absolute atomic E-state index is 5.63. The largest absolute Gasteiger partial charge is 0.383 e. The Kier molecular flexibility index (Phi) is 6.82. The molecule has 1 fully saturated rings. The molecule has 0 aromatic rings. The van der Waals surface area contributed by atoms with Gasteiger partial charge in [-0.05, 0) is 52.0 Å². The smallest absolute Gasteiger partial charge is 0.0646 e. The van der Waals surface area contributed by atoms with Crippen LogP contribution >= 0.6 is 0 Å². The van der Waals surface area contributed by atoms with Gasteiger partial charge in [0.2, 0.25) is 0 Å². The number of ether oxygens (including phenoxy) is 1. The van der Waals surface area contributed by atoms with Gasteiger partial charge in [-0.2, -0.15) is 0 Å². The lowest BCUT2D eigenvalue weighted by molar-refractivity contribution is -0.0891. The Labute approximate surface area is 120 Å². The maximum atomic E-state index is 5.63. The summed E-state index contributed by atoms with van der Waals surface area (Å²) in [7, 11) is 1.86. The summed E-state index contributed by atoms with van der Waals surface area (Å²) < 4.78 is 5.63. The fraction of sp³-hybridized carbons (Fsp3) is 1.00. The molecule has 0 spiro atoms. The van der Waals surface area contributed by atoms with E-state index in [0.29, 0.717) is 6.04 Å². The summed E-state index contributed by atoms with van der Waals surface area (Å²) in [6, 6.07) is 0.613. The molecule has 1 aliphatic heterocycles. The third kappa shape index (κ3) is 3.72. The Balaban J connectivity index is 2.99. The van der Waals surface area contributed by atoms with Gasteiger partial charge in [-0.1, -0.05) is 33.1 Å². The predicted molar refractivity (Wildman–Crippen MR) is 83.5 cm³/mol. The molecule has 0 aromatic carbocycles. The summed E-state index contributed by atoms with van der Waals surface area (Å²) in [5.74, 6) is 1.67. The highest BCUT2D eigenvalue weighted by Crippen LogP contribution is 2.43. The fourth-order valence-electron chi connectivity index (χ4n) is 4.39. The minimum Gasteiger partial charge on any atom is -0.383 e. The topological polar surface area (TPSA) is 12.5 Å². The lowest BCUT2D eigenvalue weighted by atomic mass is 9.67. The van der Waals surface area contributed by atoms with Crippen LogP contribution in [0.5, 0.6) is 0 Å². The molecule has 3 unspecified atom stereocenters. The van der Waals surface area contributed by atoms with Gasteiger partial charge in [-0.25, -0.2) is 0 Å². The van der Waals surface area contributed by atoms with Gasteiger partial charge in [0, 0.05) is 18.7 Å². The second-order valence-corrected chi connectivity index (χ2v) is 6.81. The van der Waals surface area contributed by atoms with E-state index >= 15 is 0 Å². The molecule has 0 bridgehead atoms. The van der Waals surface area contributed by atoms with Crippen LogP contribution in [-0.2, 0) is 4.74 Å². The molecule has 1 aliphatic rings. The Bertz CT molecular complexity index is 254. The van der Waals surface area contributed by atoms with Crippen LogP contribution in [0, 0.1) is 11.8 Å².